The Kier molecular flexibility index (Phi) is 5.55. The minimum atomic E-state index is 0.257. The van der Waals surface area contributed by atoms with Gasteiger partial charge in [-0.25, -0.2) is 0 Å². The number of nitrogens with one attached hydrogen (secondary N) is 1. The molecule has 0 radical (unpaired) electrons. The Hall–Kier alpha value is -0.930. The third-order valence-electron chi connectivity index (χ3n) is 3.92. The van der Waals surface area contributed by atoms with Crippen LogP contribution in [0.3, 0.4) is 0 Å². The maximum Gasteiger partial charge on any atom is 0.180 e. The van der Waals surface area contributed by atoms with Gasteiger partial charge in [0.1, 0.15) is 0 Å². The molecule has 4 heteroatoms. The molecule has 0 spiro atoms. The number of hydrogen-bond acceptors (Lipinski definition) is 3. The van der Waals surface area contributed by atoms with Gasteiger partial charge in [-0.15, -0.1) is 0 Å². The van der Waals surface area contributed by atoms with Gasteiger partial charge in [0, 0.05) is 6.54 Å². The molecular formula is C16H24ClNO2. The number of benzene rings is 1. The summed E-state index contributed by atoms with van der Waals surface area (Å²) in [5.74, 6) is 2.22. The van der Waals surface area contributed by atoms with Crippen molar-refractivity contribution in [2.45, 2.75) is 45.3 Å². The van der Waals surface area contributed by atoms with Crippen molar-refractivity contribution in [2.75, 3.05) is 14.2 Å². The fraction of sp³-hybridized carbons (Fsp3) is 0.625. The molecule has 1 aliphatic rings. The summed E-state index contributed by atoms with van der Waals surface area (Å²) < 4.78 is 11.6. The first kappa shape index (κ1) is 15.5. The van der Waals surface area contributed by atoms with Crippen molar-refractivity contribution in [1.82, 2.24) is 5.32 Å². The summed E-state index contributed by atoms with van der Waals surface area (Å²) in [5, 5.41) is 3.75. The predicted molar refractivity (Wildman–Crippen MR) is 82.8 cm³/mol. The lowest BCUT2D eigenvalue weighted by atomic mass is 9.89. The first-order chi connectivity index (χ1) is 9.63. The molecule has 0 aliphatic heterocycles. The topological polar surface area (TPSA) is 30.5 Å². The van der Waals surface area contributed by atoms with Crippen molar-refractivity contribution in [3.05, 3.63) is 22.7 Å². The zero-order valence-electron chi connectivity index (χ0n) is 12.5. The lowest BCUT2D eigenvalue weighted by Crippen LogP contribution is -2.23. The first-order valence-corrected chi connectivity index (χ1v) is 7.69. The zero-order chi connectivity index (χ0) is 14.5. The molecule has 0 amide bonds. The Bertz CT molecular complexity index is 442. The molecule has 2 rings (SSSR count). The first-order valence-electron chi connectivity index (χ1n) is 7.31. The fourth-order valence-electron chi connectivity index (χ4n) is 2.71. The van der Waals surface area contributed by atoms with E-state index in [0.717, 1.165) is 36.6 Å². The molecule has 1 aliphatic carbocycles. The van der Waals surface area contributed by atoms with Gasteiger partial charge in [-0.05, 0) is 56.3 Å². The molecule has 1 aromatic carbocycles. The van der Waals surface area contributed by atoms with Crippen molar-refractivity contribution in [3.8, 4) is 11.5 Å². The van der Waals surface area contributed by atoms with E-state index in [1.165, 1.54) is 12.8 Å². The smallest absolute Gasteiger partial charge is 0.180 e. The van der Waals surface area contributed by atoms with E-state index in [9.17, 15) is 0 Å². The third-order valence-corrected chi connectivity index (χ3v) is 4.20. The average molecular weight is 298 g/mol. The van der Waals surface area contributed by atoms with E-state index < -0.39 is 0 Å². The summed E-state index contributed by atoms with van der Waals surface area (Å²) in [7, 11) is 3.57. The van der Waals surface area contributed by atoms with E-state index >= 15 is 0 Å². The van der Waals surface area contributed by atoms with Crippen LogP contribution in [0.5, 0.6) is 11.5 Å². The van der Waals surface area contributed by atoms with Gasteiger partial charge in [-0.1, -0.05) is 18.5 Å². The monoisotopic (exact) mass is 297 g/mol. The largest absolute Gasteiger partial charge is 0.493 e. The predicted octanol–water partition coefficient (Wildman–Crippen LogP) is 4.03. The Morgan fingerprint density at radius 2 is 1.95 bits per heavy atom. The molecule has 1 fully saturated rings. The van der Waals surface area contributed by atoms with E-state index in [0.29, 0.717) is 10.8 Å². The number of ether oxygens (including phenoxy) is 2. The van der Waals surface area contributed by atoms with Crippen LogP contribution < -0.4 is 14.8 Å². The van der Waals surface area contributed by atoms with E-state index in [1.54, 1.807) is 7.11 Å². The molecule has 1 N–H and O–H groups in total. The van der Waals surface area contributed by atoms with Crippen LogP contribution in [0, 0.1) is 5.92 Å². The van der Waals surface area contributed by atoms with Gasteiger partial charge in [-0.3, -0.25) is 0 Å². The minimum absolute atomic E-state index is 0.257. The van der Waals surface area contributed by atoms with Gasteiger partial charge >= 0.3 is 0 Å². The Labute approximate surface area is 126 Å². The van der Waals surface area contributed by atoms with Crippen LogP contribution in [0.1, 0.15) is 38.2 Å². The summed E-state index contributed by atoms with van der Waals surface area (Å²) in [5.41, 5.74) is 1.10. The van der Waals surface area contributed by atoms with Crippen molar-refractivity contribution in [2.24, 2.45) is 5.92 Å². The highest BCUT2D eigenvalue weighted by atomic mass is 35.5. The third kappa shape index (κ3) is 3.80. The lowest BCUT2D eigenvalue weighted by molar-refractivity contribution is 0.131. The molecule has 20 heavy (non-hydrogen) atoms. The maximum absolute atomic E-state index is 6.36. The molecule has 0 aromatic heterocycles. The number of halogens is 1. The van der Waals surface area contributed by atoms with E-state index in [2.05, 4.69) is 12.2 Å². The van der Waals surface area contributed by atoms with Gasteiger partial charge in [0.2, 0.25) is 0 Å². The molecule has 1 saturated carbocycles. The van der Waals surface area contributed by atoms with Gasteiger partial charge in [0.15, 0.2) is 11.5 Å². The van der Waals surface area contributed by atoms with E-state index in [1.807, 2.05) is 19.2 Å². The van der Waals surface area contributed by atoms with Gasteiger partial charge in [0.05, 0.1) is 18.2 Å². The molecule has 0 bridgehead atoms. The van der Waals surface area contributed by atoms with Crippen LogP contribution in [0.15, 0.2) is 12.1 Å². The molecule has 0 unspecified atom stereocenters. The summed E-state index contributed by atoms with van der Waals surface area (Å²) >= 11 is 6.36. The van der Waals surface area contributed by atoms with Gasteiger partial charge < -0.3 is 14.8 Å². The highest BCUT2D eigenvalue weighted by molar-refractivity contribution is 6.32. The maximum atomic E-state index is 6.36. The second-order valence-electron chi connectivity index (χ2n) is 5.64. The lowest BCUT2D eigenvalue weighted by Gasteiger charge is -2.28. The summed E-state index contributed by atoms with van der Waals surface area (Å²) in [6.07, 6.45) is 4.90. The Morgan fingerprint density at radius 1 is 1.25 bits per heavy atom. The number of methoxy groups -OCH3 is 1. The quantitative estimate of drug-likeness (QED) is 0.890. The van der Waals surface area contributed by atoms with Crippen LogP contribution in [-0.2, 0) is 6.54 Å². The van der Waals surface area contributed by atoms with Crippen molar-refractivity contribution >= 4 is 11.6 Å². The SMILES string of the molecule is CNCc1cc(Cl)c(OC2CCC(C)CC2)c(OC)c1. The summed E-state index contributed by atoms with van der Waals surface area (Å²) in [6.45, 7) is 3.06. The molecular weight excluding hydrogens is 274 g/mol. The molecule has 112 valence electrons. The fourth-order valence-corrected chi connectivity index (χ4v) is 2.99. The van der Waals surface area contributed by atoms with Crippen molar-refractivity contribution < 1.29 is 9.47 Å². The average Bonchev–Trinajstić information content (AvgIpc) is 2.44. The van der Waals surface area contributed by atoms with Gasteiger partial charge in [-0.2, -0.15) is 0 Å². The van der Waals surface area contributed by atoms with Crippen molar-refractivity contribution in [3.63, 3.8) is 0 Å². The highest BCUT2D eigenvalue weighted by Crippen LogP contribution is 2.39. The van der Waals surface area contributed by atoms with E-state index in [-0.39, 0.29) is 6.10 Å². The van der Waals surface area contributed by atoms with Crippen LogP contribution in [-0.4, -0.2) is 20.3 Å². The Balaban J connectivity index is 2.14. The van der Waals surface area contributed by atoms with E-state index in [4.69, 9.17) is 21.1 Å². The molecule has 0 heterocycles. The standard InChI is InChI=1S/C16H24ClNO2/c1-11-4-6-13(7-5-11)20-16-14(17)8-12(10-18-2)9-15(16)19-3/h8-9,11,13,18H,4-7,10H2,1-3H3. The number of hydrogen-bond donors (Lipinski definition) is 1. The zero-order valence-corrected chi connectivity index (χ0v) is 13.3. The molecule has 3 nitrogen and oxygen atoms in total. The number of rotatable bonds is 5. The minimum Gasteiger partial charge on any atom is -0.493 e. The second-order valence-corrected chi connectivity index (χ2v) is 6.05. The molecule has 0 saturated heterocycles. The summed E-state index contributed by atoms with van der Waals surface area (Å²) in [6, 6.07) is 3.94. The van der Waals surface area contributed by atoms with Crippen LogP contribution in [0.25, 0.3) is 0 Å². The normalized spacial score (nSPS) is 22.6. The van der Waals surface area contributed by atoms with Crippen LogP contribution in [0.4, 0.5) is 0 Å². The summed E-state index contributed by atoms with van der Waals surface area (Å²) in [4.78, 5) is 0. The Morgan fingerprint density at radius 3 is 2.55 bits per heavy atom. The second kappa shape index (κ2) is 7.19. The van der Waals surface area contributed by atoms with Crippen molar-refractivity contribution in [1.29, 1.82) is 0 Å². The molecule has 1 aromatic rings. The van der Waals surface area contributed by atoms with Gasteiger partial charge in [0.25, 0.3) is 0 Å². The van der Waals surface area contributed by atoms with Crippen LogP contribution in [0.2, 0.25) is 5.02 Å². The van der Waals surface area contributed by atoms with Crippen LogP contribution >= 0.6 is 11.6 Å². The molecule has 0 atom stereocenters. The highest BCUT2D eigenvalue weighted by Gasteiger charge is 2.22.